The fraction of sp³-hybridized carbons (Fsp3) is 1.00. The van der Waals surface area contributed by atoms with E-state index in [1.807, 2.05) is 0 Å². The van der Waals surface area contributed by atoms with E-state index in [2.05, 4.69) is 39.5 Å². The summed E-state index contributed by atoms with van der Waals surface area (Å²) in [7, 11) is 0. The highest BCUT2D eigenvalue weighted by atomic mass is 16.5. The summed E-state index contributed by atoms with van der Waals surface area (Å²) in [4.78, 5) is 2.52. The van der Waals surface area contributed by atoms with Gasteiger partial charge in [-0.15, -0.1) is 0 Å². The van der Waals surface area contributed by atoms with Crippen LogP contribution in [0.3, 0.4) is 0 Å². The summed E-state index contributed by atoms with van der Waals surface area (Å²) in [6.07, 6.45) is 0. The molecule has 0 unspecified atom stereocenters. The van der Waals surface area contributed by atoms with Crippen molar-refractivity contribution in [2.24, 2.45) is 0 Å². The summed E-state index contributed by atoms with van der Waals surface area (Å²) in [6.45, 7) is 14.1. The lowest BCUT2D eigenvalue weighted by Gasteiger charge is -2.49. The molecule has 2 nitrogen and oxygen atoms in total. The maximum Gasteiger partial charge on any atom is 0.0645 e. The van der Waals surface area contributed by atoms with E-state index in [4.69, 9.17) is 4.74 Å². The summed E-state index contributed by atoms with van der Waals surface area (Å²) in [5.41, 5.74) is 0.448. The van der Waals surface area contributed by atoms with Gasteiger partial charge in [0.1, 0.15) is 0 Å². The number of nitrogens with zero attached hydrogens (tertiary/aromatic N) is 1. The van der Waals surface area contributed by atoms with Gasteiger partial charge >= 0.3 is 0 Å². The first-order valence-corrected chi connectivity index (χ1v) is 4.69. The van der Waals surface area contributed by atoms with E-state index in [0.717, 1.165) is 19.8 Å². The predicted molar refractivity (Wildman–Crippen MR) is 51.4 cm³/mol. The Morgan fingerprint density at radius 3 is 2.17 bits per heavy atom. The zero-order valence-electron chi connectivity index (χ0n) is 8.98. The average molecular weight is 171 g/mol. The molecule has 0 N–H and O–H groups in total. The second-order valence-electron chi connectivity index (χ2n) is 5.19. The van der Waals surface area contributed by atoms with Gasteiger partial charge in [-0.25, -0.2) is 0 Å². The van der Waals surface area contributed by atoms with Gasteiger partial charge in [-0.1, -0.05) is 0 Å². The topological polar surface area (TPSA) is 12.5 Å². The second-order valence-corrected chi connectivity index (χ2v) is 5.19. The van der Waals surface area contributed by atoms with Crippen LogP contribution < -0.4 is 0 Å². The summed E-state index contributed by atoms with van der Waals surface area (Å²) < 4.78 is 5.47. The van der Waals surface area contributed by atoms with Crippen LogP contribution in [0.5, 0.6) is 0 Å². The minimum Gasteiger partial charge on any atom is -0.378 e. The predicted octanol–water partition coefficient (Wildman–Crippen LogP) is 1.90. The highest BCUT2D eigenvalue weighted by Crippen LogP contribution is 2.27. The van der Waals surface area contributed by atoms with Crippen LogP contribution in [0.1, 0.15) is 34.6 Å². The maximum atomic E-state index is 5.47. The summed E-state index contributed by atoms with van der Waals surface area (Å²) in [5.74, 6) is 0. The molecule has 0 amide bonds. The van der Waals surface area contributed by atoms with Crippen LogP contribution in [0.25, 0.3) is 0 Å². The Kier molecular flexibility index (Phi) is 2.50. The molecule has 2 heteroatoms. The first kappa shape index (κ1) is 10.0. The molecule has 0 radical (unpaired) electrons. The molecule has 0 aromatic heterocycles. The highest BCUT2D eigenvalue weighted by Gasteiger charge is 2.37. The largest absolute Gasteiger partial charge is 0.378 e. The van der Waals surface area contributed by atoms with Crippen LogP contribution in [0.15, 0.2) is 0 Å². The van der Waals surface area contributed by atoms with Crippen molar-refractivity contribution in [1.29, 1.82) is 0 Å². The minimum absolute atomic E-state index is 0.191. The van der Waals surface area contributed by atoms with Gasteiger partial charge in [-0.3, -0.25) is 4.90 Å². The highest BCUT2D eigenvalue weighted by molar-refractivity contribution is 4.91. The van der Waals surface area contributed by atoms with E-state index in [-0.39, 0.29) is 11.1 Å². The molecule has 0 aromatic carbocycles. The average Bonchev–Trinajstić information content (AvgIpc) is 1.83. The normalized spacial score (nSPS) is 25.8. The van der Waals surface area contributed by atoms with Gasteiger partial charge in [0.2, 0.25) is 0 Å². The van der Waals surface area contributed by atoms with Crippen molar-refractivity contribution >= 4 is 0 Å². The van der Waals surface area contributed by atoms with Crippen molar-refractivity contribution in [3.63, 3.8) is 0 Å². The van der Waals surface area contributed by atoms with Crippen molar-refractivity contribution in [2.75, 3.05) is 19.8 Å². The van der Waals surface area contributed by atoms with Gasteiger partial charge in [0.25, 0.3) is 0 Å². The van der Waals surface area contributed by atoms with Gasteiger partial charge < -0.3 is 4.74 Å². The Morgan fingerprint density at radius 2 is 1.83 bits per heavy atom. The molecule has 0 atom stereocenters. The molecule has 1 heterocycles. The van der Waals surface area contributed by atoms with Crippen molar-refractivity contribution in [2.45, 2.75) is 45.7 Å². The molecule has 1 rings (SSSR count). The Balaban J connectivity index is 2.73. The Bertz CT molecular complexity index is 158. The molecule has 72 valence electrons. The summed E-state index contributed by atoms with van der Waals surface area (Å²) in [5, 5.41) is 0. The van der Waals surface area contributed by atoms with E-state index in [1.165, 1.54) is 0 Å². The molecule has 1 saturated heterocycles. The third-order valence-corrected chi connectivity index (χ3v) is 2.45. The molecule has 0 aliphatic carbocycles. The second kappa shape index (κ2) is 3.00. The first-order chi connectivity index (χ1) is 5.34. The smallest absolute Gasteiger partial charge is 0.0645 e. The van der Waals surface area contributed by atoms with E-state index in [9.17, 15) is 0 Å². The fourth-order valence-electron chi connectivity index (χ4n) is 2.10. The van der Waals surface area contributed by atoms with E-state index >= 15 is 0 Å². The van der Waals surface area contributed by atoms with Crippen molar-refractivity contribution < 1.29 is 4.74 Å². The molecule has 0 bridgehead atoms. The lowest BCUT2D eigenvalue weighted by molar-refractivity contribution is -0.0910. The minimum atomic E-state index is 0.191. The molecule has 0 aromatic rings. The maximum absolute atomic E-state index is 5.47. The SMILES string of the molecule is CC(C)(C)N1CCOCC1(C)C. The molecule has 1 aliphatic heterocycles. The Hall–Kier alpha value is -0.0800. The van der Waals surface area contributed by atoms with Crippen LogP contribution in [-0.2, 0) is 4.74 Å². The zero-order chi connectivity index (χ0) is 9.41. The fourth-order valence-corrected chi connectivity index (χ4v) is 2.10. The zero-order valence-corrected chi connectivity index (χ0v) is 8.98. The lowest BCUT2D eigenvalue weighted by atomic mass is 9.94. The van der Waals surface area contributed by atoms with E-state index < -0.39 is 0 Å². The number of hydrogen-bond acceptors (Lipinski definition) is 2. The van der Waals surface area contributed by atoms with Crippen LogP contribution in [0.2, 0.25) is 0 Å². The summed E-state index contributed by atoms with van der Waals surface area (Å²) in [6, 6.07) is 0. The molecule has 0 saturated carbocycles. The van der Waals surface area contributed by atoms with Gasteiger partial charge in [-0.05, 0) is 34.6 Å². The molecular formula is C10H21NO. The molecule has 0 spiro atoms. The van der Waals surface area contributed by atoms with Crippen LogP contribution in [0.4, 0.5) is 0 Å². The van der Waals surface area contributed by atoms with Gasteiger partial charge in [-0.2, -0.15) is 0 Å². The van der Waals surface area contributed by atoms with E-state index in [0.29, 0.717) is 0 Å². The number of ether oxygens (including phenoxy) is 1. The number of hydrogen-bond donors (Lipinski definition) is 0. The number of rotatable bonds is 0. The molecule has 1 aliphatic rings. The molecule has 1 fully saturated rings. The molecule has 12 heavy (non-hydrogen) atoms. The Morgan fingerprint density at radius 1 is 1.25 bits per heavy atom. The monoisotopic (exact) mass is 171 g/mol. The molecular weight excluding hydrogens is 150 g/mol. The van der Waals surface area contributed by atoms with Crippen LogP contribution >= 0.6 is 0 Å². The van der Waals surface area contributed by atoms with Crippen LogP contribution in [0, 0.1) is 0 Å². The lowest BCUT2D eigenvalue weighted by Crippen LogP contribution is -2.60. The first-order valence-electron chi connectivity index (χ1n) is 4.69. The van der Waals surface area contributed by atoms with Gasteiger partial charge in [0.05, 0.1) is 13.2 Å². The third-order valence-electron chi connectivity index (χ3n) is 2.45. The quantitative estimate of drug-likeness (QED) is 0.552. The standard InChI is InChI=1S/C10H21NO/c1-9(2,3)11-6-7-12-8-10(11,4)5/h6-8H2,1-5H3. The van der Waals surface area contributed by atoms with Gasteiger partial charge in [0.15, 0.2) is 0 Å². The van der Waals surface area contributed by atoms with Crippen molar-refractivity contribution in [1.82, 2.24) is 4.90 Å². The third kappa shape index (κ3) is 1.99. The van der Waals surface area contributed by atoms with Crippen molar-refractivity contribution in [3.05, 3.63) is 0 Å². The Labute approximate surface area is 75.9 Å². The number of morpholine rings is 1. The van der Waals surface area contributed by atoms with Gasteiger partial charge in [0, 0.05) is 17.6 Å². The summed E-state index contributed by atoms with van der Waals surface area (Å²) >= 11 is 0. The van der Waals surface area contributed by atoms with E-state index in [1.54, 1.807) is 0 Å². The van der Waals surface area contributed by atoms with Crippen LogP contribution in [-0.4, -0.2) is 35.7 Å². The van der Waals surface area contributed by atoms with Crippen molar-refractivity contribution in [3.8, 4) is 0 Å².